The summed E-state index contributed by atoms with van der Waals surface area (Å²) < 4.78 is 0. The first-order valence-corrected chi connectivity index (χ1v) is 6.47. The van der Waals surface area contributed by atoms with Crippen LogP contribution in [0.2, 0.25) is 0 Å². The Morgan fingerprint density at radius 1 is 1.39 bits per heavy atom. The van der Waals surface area contributed by atoms with E-state index in [0.717, 1.165) is 36.7 Å². The van der Waals surface area contributed by atoms with E-state index in [1.807, 2.05) is 20.0 Å². The molecule has 1 aliphatic heterocycles. The van der Waals surface area contributed by atoms with Gasteiger partial charge in [-0.1, -0.05) is 0 Å². The Hall–Kier alpha value is -1.04. The van der Waals surface area contributed by atoms with E-state index in [2.05, 4.69) is 33.9 Å². The standard InChI is InChI=1S/C13H23N5/c1-9(14)11-7-15-13(16-10(11)2)12-8-17(3)5-6-18(12)4/h7,9,12H,5-6,8,14H2,1-4H3/t9-,12?/m1/s1. The first kappa shape index (κ1) is 13.4. The maximum atomic E-state index is 5.89. The minimum absolute atomic E-state index is 0.00851. The third-order valence-corrected chi connectivity index (χ3v) is 3.68. The fourth-order valence-corrected chi connectivity index (χ4v) is 2.39. The first-order chi connectivity index (χ1) is 8.49. The molecule has 1 aromatic rings. The number of piperazine rings is 1. The van der Waals surface area contributed by atoms with Gasteiger partial charge >= 0.3 is 0 Å². The van der Waals surface area contributed by atoms with E-state index in [0.29, 0.717) is 0 Å². The summed E-state index contributed by atoms with van der Waals surface area (Å²) in [6.45, 7) is 7.11. The minimum Gasteiger partial charge on any atom is -0.324 e. The molecule has 5 heteroatoms. The van der Waals surface area contributed by atoms with Gasteiger partial charge < -0.3 is 10.6 Å². The molecule has 2 N–H and O–H groups in total. The zero-order valence-corrected chi connectivity index (χ0v) is 11.7. The largest absolute Gasteiger partial charge is 0.324 e. The number of hydrogen-bond donors (Lipinski definition) is 1. The van der Waals surface area contributed by atoms with E-state index >= 15 is 0 Å². The lowest BCUT2D eigenvalue weighted by molar-refractivity contribution is 0.109. The van der Waals surface area contributed by atoms with Gasteiger partial charge in [0.2, 0.25) is 0 Å². The van der Waals surface area contributed by atoms with Gasteiger partial charge in [-0.2, -0.15) is 0 Å². The van der Waals surface area contributed by atoms with E-state index in [4.69, 9.17) is 5.73 Å². The van der Waals surface area contributed by atoms with Crippen LogP contribution in [-0.4, -0.2) is 53.5 Å². The minimum atomic E-state index is -0.00851. The number of nitrogens with zero attached hydrogens (tertiary/aromatic N) is 4. The molecule has 0 saturated carbocycles. The molecule has 100 valence electrons. The lowest BCUT2D eigenvalue weighted by Crippen LogP contribution is -2.45. The van der Waals surface area contributed by atoms with E-state index < -0.39 is 0 Å². The molecule has 2 heterocycles. The van der Waals surface area contributed by atoms with Crippen LogP contribution in [0.3, 0.4) is 0 Å². The Bertz CT molecular complexity index is 418. The Morgan fingerprint density at radius 2 is 2.11 bits per heavy atom. The van der Waals surface area contributed by atoms with Gasteiger partial charge in [-0.25, -0.2) is 9.97 Å². The summed E-state index contributed by atoms with van der Waals surface area (Å²) in [5.41, 5.74) is 7.92. The molecule has 0 radical (unpaired) electrons. The van der Waals surface area contributed by atoms with Gasteiger partial charge in [0.05, 0.1) is 6.04 Å². The molecule has 1 aliphatic rings. The van der Waals surface area contributed by atoms with Crippen molar-refractivity contribution in [2.24, 2.45) is 5.73 Å². The highest BCUT2D eigenvalue weighted by Gasteiger charge is 2.26. The van der Waals surface area contributed by atoms with Crippen LogP contribution in [0.4, 0.5) is 0 Å². The van der Waals surface area contributed by atoms with Crippen molar-refractivity contribution in [3.63, 3.8) is 0 Å². The molecular weight excluding hydrogens is 226 g/mol. The van der Waals surface area contributed by atoms with Crippen molar-refractivity contribution < 1.29 is 0 Å². The molecule has 18 heavy (non-hydrogen) atoms. The number of hydrogen-bond acceptors (Lipinski definition) is 5. The molecule has 0 aliphatic carbocycles. The van der Waals surface area contributed by atoms with Crippen LogP contribution in [0.5, 0.6) is 0 Å². The molecule has 0 amide bonds. The number of likely N-dealkylation sites (N-methyl/N-ethyl adjacent to an activating group) is 2. The van der Waals surface area contributed by atoms with Gasteiger partial charge in [-0.15, -0.1) is 0 Å². The van der Waals surface area contributed by atoms with Crippen LogP contribution in [0.15, 0.2) is 6.20 Å². The van der Waals surface area contributed by atoms with Crippen molar-refractivity contribution in [1.82, 2.24) is 19.8 Å². The van der Waals surface area contributed by atoms with Crippen molar-refractivity contribution in [3.05, 3.63) is 23.3 Å². The van der Waals surface area contributed by atoms with Gasteiger partial charge in [0.15, 0.2) is 0 Å². The lowest BCUT2D eigenvalue weighted by Gasteiger charge is -2.36. The highest BCUT2D eigenvalue weighted by atomic mass is 15.3. The van der Waals surface area contributed by atoms with Crippen LogP contribution in [0.25, 0.3) is 0 Å². The summed E-state index contributed by atoms with van der Waals surface area (Å²) >= 11 is 0. The molecule has 1 unspecified atom stereocenters. The number of aromatic nitrogens is 2. The maximum Gasteiger partial charge on any atom is 0.146 e. The molecule has 1 fully saturated rings. The lowest BCUT2D eigenvalue weighted by atomic mass is 10.1. The Kier molecular flexibility index (Phi) is 3.94. The van der Waals surface area contributed by atoms with Gasteiger partial charge in [0.25, 0.3) is 0 Å². The van der Waals surface area contributed by atoms with Crippen molar-refractivity contribution in [3.8, 4) is 0 Å². The summed E-state index contributed by atoms with van der Waals surface area (Å²) in [5.74, 6) is 0.908. The van der Waals surface area contributed by atoms with E-state index in [1.165, 1.54) is 0 Å². The molecule has 1 saturated heterocycles. The second-order valence-electron chi connectivity index (χ2n) is 5.32. The second kappa shape index (κ2) is 5.30. The van der Waals surface area contributed by atoms with Gasteiger partial charge in [0.1, 0.15) is 5.82 Å². The van der Waals surface area contributed by atoms with Gasteiger partial charge in [-0.05, 0) is 27.9 Å². The highest BCUT2D eigenvalue weighted by molar-refractivity contribution is 5.20. The maximum absolute atomic E-state index is 5.89. The third-order valence-electron chi connectivity index (χ3n) is 3.68. The van der Waals surface area contributed by atoms with E-state index in [9.17, 15) is 0 Å². The molecule has 0 spiro atoms. The number of aryl methyl sites for hydroxylation is 1. The fourth-order valence-electron chi connectivity index (χ4n) is 2.39. The molecule has 1 aromatic heterocycles. The summed E-state index contributed by atoms with van der Waals surface area (Å²) in [6.07, 6.45) is 1.88. The molecular formula is C13H23N5. The van der Waals surface area contributed by atoms with Crippen molar-refractivity contribution in [2.75, 3.05) is 33.7 Å². The quantitative estimate of drug-likeness (QED) is 0.837. The van der Waals surface area contributed by atoms with Crippen molar-refractivity contribution >= 4 is 0 Å². The fraction of sp³-hybridized carbons (Fsp3) is 0.692. The average Bonchev–Trinajstić information content (AvgIpc) is 2.31. The van der Waals surface area contributed by atoms with Crippen LogP contribution < -0.4 is 5.73 Å². The smallest absolute Gasteiger partial charge is 0.146 e. The summed E-state index contributed by atoms with van der Waals surface area (Å²) in [7, 11) is 4.28. The SMILES string of the molecule is Cc1nc(C2CN(C)CCN2C)ncc1[C@@H](C)N. The Morgan fingerprint density at radius 3 is 2.72 bits per heavy atom. The van der Waals surface area contributed by atoms with Crippen molar-refractivity contribution in [1.29, 1.82) is 0 Å². The number of rotatable bonds is 2. The second-order valence-corrected chi connectivity index (χ2v) is 5.32. The molecule has 2 rings (SSSR count). The van der Waals surface area contributed by atoms with Crippen molar-refractivity contribution in [2.45, 2.75) is 25.9 Å². The summed E-state index contributed by atoms with van der Waals surface area (Å²) in [4.78, 5) is 13.8. The summed E-state index contributed by atoms with van der Waals surface area (Å²) in [6, 6.07) is 0.274. The zero-order valence-electron chi connectivity index (χ0n) is 11.7. The molecule has 0 bridgehead atoms. The monoisotopic (exact) mass is 249 g/mol. The van der Waals surface area contributed by atoms with Gasteiger partial charge in [-0.3, -0.25) is 4.90 Å². The normalized spacial score (nSPS) is 24.2. The summed E-state index contributed by atoms with van der Waals surface area (Å²) in [5, 5.41) is 0. The van der Waals surface area contributed by atoms with E-state index in [-0.39, 0.29) is 12.1 Å². The molecule has 5 nitrogen and oxygen atoms in total. The van der Waals surface area contributed by atoms with E-state index in [1.54, 1.807) is 0 Å². The Labute approximate surface area is 109 Å². The van der Waals surface area contributed by atoms with Crippen LogP contribution in [0.1, 0.15) is 36.1 Å². The van der Waals surface area contributed by atoms with Crippen LogP contribution >= 0.6 is 0 Å². The molecule has 2 atom stereocenters. The predicted molar refractivity (Wildman–Crippen MR) is 72.2 cm³/mol. The zero-order chi connectivity index (χ0) is 13.3. The van der Waals surface area contributed by atoms with Crippen LogP contribution in [-0.2, 0) is 0 Å². The predicted octanol–water partition coefficient (Wildman–Crippen LogP) is 0.723. The number of nitrogens with two attached hydrogens (primary N) is 1. The van der Waals surface area contributed by atoms with Crippen LogP contribution in [0, 0.1) is 6.92 Å². The highest BCUT2D eigenvalue weighted by Crippen LogP contribution is 2.22. The molecule has 0 aromatic carbocycles. The Balaban J connectivity index is 2.25. The average molecular weight is 249 g/mol. The topological polar surface area (TPSA) is 58.3 Å². The third kappa shape index (κ3) is 2.68. The van der Waals surface area contributed by atoms with Gasteiger partial charge in [0, 0.05) is 43.1 Å². The first-order valence-electron chi connectivity index (χ1n) is 6.47.